The second-order valence-corrected chi connectivity index (χ2v) is 3.18. The van der Waals surface area contributed by atoms with Gasteiger partial charge in [-0.2, -0.15) is 0 Å². The molecule has 0 aromatic rings. The van der Waals surface area contributed by atoms with Gasteiger partial charge in [0.05, 0.1) is 6.04 Å². The molecule has 68 valence electrons. The van der Waals surface area contributed by atoms with Crippen LogP contribution in [0, 0.1) is 0 Å². The van der Waals surface area contributed by atoms with Gasteiger partial charge in [0.2, 0.25) is 5.91 Å². The van der Waals surface area contributed by atoms with Crippen molar-refractivity contribution >= 4 is 5.91 Å². The SMILES string of the molecule is C=CC(C)NC1CCCNC1=O. The van der Waals surface area contributed by atoms with Crippen LogP contribution in [0.2, 0.25) is 0 Å². The molecule has 1 fully saturated rings. The lowest BCUT2D eigenvalue weighted by atomic mass is 10.1. The largest absolute Gasteiger partial charge is 0.355 e. The number of carbonyl (C=O) groups excluding carboxylic acids is 1. The molecule has 2 unspecified atom stereocenters. The Morgan fingerprint density at radius 2 is 2.58 bits per heavy atom. The van der Waals surface area contributed by atoms with Crippen LogP contribution in [0.1, 0.15) is 19.8 Å². The number of piperidine rings is 1. The summed E-state index contributed by atoms with van der Waals surface area (Å²) < 4.78 is 0. The van der Waals surface area contributed by atoms with E-state index in [9.17, 15) is 4.79 Å². The molecule has 0 aliphatic carbocycles. The molecule has 1 heterocycles. The van der Waals surface area contributed by atoms with Gasteiger partial charge < -0.3 is 5.32 Å². The van der Waals surface area contributed by atoms with Gasteiger partial charge >= 0.3 is 0 Å². The highest BCUT2D eigenvalue weighted by Gasteiger charge is 2.21. The predicted molar refractivity (Wildman–Crippen MR) is 48.8 cm³/mol. The lowest BCUT2D eigenvalue weighted by Crippen LogP contribution is -2.50. The van der Waals surface area contributed by atoms with Crippen LogP contribution >= 0.6 is 0 Å². The summed E-state index contributed by atoms with van der Waals surface area (Å²) in [6.45, 7) is 6.47. The average Bonchev–Trinajstić information content (AvgIpc) is 2.09. The first-order valence-electron chi connectivity index (χ1n) is 4.40. The van der Waals surface area contributed by atoms with Crippen LogP contribution in [0.5, 0.6) is 0 Å². The molecule has 1 amide bonds. The molecule has 0 aromatic heterocycles. The Balaban J connectivity index is 2.38. The molecule has 0 aromatic carbocycles. The molecule has 0 spiro atoms. The van der Waals surface area contributed by atoms with E-state index in [1.165, 1.54) is 0 Å². The second kappa shape index (κ2) is 4.26. The van der Waals surface area contributed by atoms with Gasteiger partial charge in [0.15, 0.2) is 0 Å². The predicted octanol–water partition coefficient (Wildman–Crippen LogP) is 0.429. The molecule has 12 heavy (non-hydrogen) atoms. The van der Waals surface area contributed by atoms with Crippen LogP contribution < -0.4 is 10.6 Å². The van der Waals surface area contributed by atoms with E-state index in [2.05, 4.69) is 17.2 Å². The van der Waals surface area contributed by atoms with E-state index in [4.69, 9.17) is 0 Å². The molecule has 1 aliphatic rings. The van der Waals surface area contributed by atoms with Crippen LogP contribution in [-0.2, 0) is 4.79 Å². The van der Waals surface area contributed by atoms with Gasteiger partial charge in [-0.05, 0) is 19.8 Å². The van der Waals surface area contributed by atoms with Crippen molar-refractivity contribution in [1.29, 1.82) is 0 Å². The smallest absolute Gasteiger partial charge is 0.237 e. The number of hydrogen-bond acceptors (Lipinski definition) is 2. The fraction of sp³-hybridized carbons (Fsp3) is 0.667. The Morgan fingerprint density at radius 1 is 1.83 bits per heavy atom. The minimum atomic E-state index is -0.0215. The fourth-order valence-corrected chi connectivity index (χ4v) is 1.32. The summed E-state index contributed by atoms with van der Waals surface area (Å²) in [6, 6.07) is 0.186. The third-order valence-corrected chi connectivity index (χ3v) is 2.10. The first kappa shape index (κ1) is 9.26. The molecule has 0 saturated carbocycles. The van der Waals surface area contributed by atoms with Crippen LogP contribution in [0.4, 0.5) is 0 Å². The molecule has 0 radical (unpaired) electrons. The van der Waals surface area contributed by atoms with Gasteiger partial charge in [-0.3, -0.25) is 10.1 Å². The molecular formula is C9H16N2O. The lowest BCUT2D eigenvalue weighted by molar-refractivity contribution is -0.124. The molecule has 1 aliphatic heterocycles. The second-order valence-electron chi connectivity index (χ2n) is 3.18. The van der Waals surface area contributed by atoms with E-state index >= 15 is 0 Å². The molecule has 3 nitrogen and oxygen atoms in total. The summed E-state index contributed by atoms with van der Waals surface area (Å²) in [6.07, 6.45) is 3.80. The quantitative estimate of drug-likeness (QED) is 0.600. The van der Waals surface area contributed by atoms with Crippen molar-refractivity contribution in [2.24, 2.45) is 0 Å². The van der Waals surface area contributed by atoms with Gasteiger partial charge in [0.25, 0.3) is 0 Å². The van der Waals surface area contributed by atoms with Gasteiger partial charge in [0, 0.05) is 12.6 Å². The summed E-state index contributed by atoms with van der Waals surface area (Å²) in [5, 5.41) is 6.01. The Hall–Kier alpha value is -0.830. The zero-order chi connectivity index (χ0) is 8.97. The molecule has 1 saturated heterocycles. The van der Waals surface area contributed by atoms with Crippen molar-refractivity contribution in [1.82, 2.24) is 10.6 Å². The van der Waals surface area contributed by atoms with Crippen molar-refractivity contribution in [2.45, 2.75) is 31.8 Å². The summed E-state index contributed by atoms with van der Waals surface area (Å²) in [5.41, 5.74) is 0. The fourth-order valence-electron chi connectivity index (χ4n) is 1.32. The third-order valence-electron chi connectivity index (χ3n) is 2.10. The first-order chi connectivity index (χ1) is 5.74. The van der Waals surface area contributed by atoms with Crippen LogP contribution in [0.15, 0.2) is 12.7 Å². The molecule has 2 atom stereocenters. The molecule has 3 heteroatoms. The first-order valence-corrected chi connectivity index (χ1v) is 4.40. The van der Waals surface area contributed by atoms with Gasteiger partial charge in [-0.25, -0.2) is 0 Å². The molecule has 0 bridgehead atoms. The Morgan fingerprint density at radius 3 is 3.17 bits per heavy atom. The van der Waals surface area contributed by atoms with Crippen molar-refractivity contribution in [3.8, 4) is 0 Å². The zero-order valence-corrected chi connectivity index (χ0v) is 7.47. The van der Waals surface area contributed by atoms with Crippen molar-refractivity contribution < 1.29 is 4.79 Å². The number of hydrogen-bond donors (Lipinski definition) is 2. The Bertz CT molecular complexity index is 179. The summed E-state index contributed by atoms with van der Waals surface area (Å²) in [5.74, 6) is 0.120. The van der Waals surface area contributed by atoms with E-state index in [1.54, 1.807) is 0 Å². The zero-order valence-electron chi connectivity index (χ0n) is 7.47. The number of carbonyl (C=O) groups is 1. The van der Waals surface area contributed by atoms with Gasteiger partial charge in [-0.15, -0.1) is 6.58 Å². The van der Waals surface area contributed by atoms with Gasteiger partial charge in [-0.1, -0.05) is 6.08 Å². The van der Waals surface area contributed by atoms with Crippen molar-refractivity contribution in [3.05, 3.63) is 12.7 Å². The highest BCUT2D eigenvalue weighted by atomic mass is 16.2. The van der Waals surface area contributed by atoms with E-state index in [1.807, 2.05) is 13.0 Å². The standard InChI is InChI=1S/C9H16N2O/c1-3-7(2)11-8-5-4-6-10-9(8)12/h3,7-8,11H,1,4-6H2,2H3,(H,10,12). The highest BCUT2D eigenvalue weighted by Crippen LogP contribution is 2.03. The van der Waals surface area contributed by atoms with E-state index in [0.717, 1.165) is 19.4 Å². The lowest BCUT2D eigenvalue weighted by Gasteiger charge is -2.24. The number of nitrogens with one attached hydrogen (secondary N) is 2. The summed E-state index contributed by atoms with van der Waals surface area (Å²) in [4.78, 5) is 11.2. The average molecular weight is 168 g/mol. The van der Waals surface area contributed by atoms with Crippen molar-refractivity contribution in [2.75, 3.05) is 6.54 Å². The topological polar surface area (TPSA) is 41.1 Å². The number of amides is 1. The summed E-state index contributed by atoms with van der Waals surface area (Å²) in [7, 11) is 0. The highest BCUT2D eigenvalue weighted by molar-refractivity contribution is 5.82. The molecular weight excluding hydrogens is 152 g/mol. The van der Waals surface area contributed by atoms with E-state index < -0.39 is 0 Å². The monoisotopic (exact) mass is 168 g/mol. The van der Waals surface area contributed by atoms with Crippen LogP contribution in [-0.4, -0.2) is 24.5 Å². The Labute approximate surface area is 73.2 Å². The van der Waals surface area contributed by atoms with Crippen LogP contribution in [0.3, 0.4) is 0 Å². The maximum Gasteiger partial charge on any atom is 0.237 e. The molecule has 1 rings (SSSR count). The summed E-state index contributed by atoms with van der Waals surface area (Å²) >= 11 is 0. The minimum Gasteiger partial charge on any atom is -0.355 e. The maximum absolute atomic E-state index is 11.2. The van der Waals surface area contributed by atoms with E-state index in [-0.39, 0.29) is 18.0 Å². The third kappa shape index (κ3) is 2.34. The van der Waals surface area contributed by atoms with E-state index in [0.29, 0.717) is 0 Å². The molecule has 2 N–H and O–H groups in total. The normalized spacial score (nSPS) is 26.1. The maximum atomic E-state index is 11.2. The Kier molecular flexibility index (Phi) is 3.29. The van der Waals surface area contributed by atoms with Gasteiger partial charge in [0.1, 0.15) is 0 Å². The minimum absolute atomic E-state index is 0.0215. The van der Waals surface area contributed by atoms with Crippen molar-refractivity contribution in [3.63, 3.8) is 0 Å². The number of rotatable bonds is 3. The van der Waals surface area contributed by atoms with Crippen LogP contribution in [0.25, 0.3) is 0 Å².